The molecule has 1 fully saturated rings. The van der Waals surface area contributed by atoms with Crippen LogP contribution >= 0.6 is 0 Å². The second-order valence-electron chi connectivity index (χ2n) is 6.25. The quantitative estimate of drug-likeness (QED) is 0.912. The van der Waals surface area contributed by atoms with Crippen LogP contribution in [0.5, 0.6) is 0 Å². The number of hydrogen-bond acceptors (Lipinski definition) is 4. The number of benzene rings is 1. The van der Waals surface area contributed by atoms with Gasteiger partial charge in [0.2, 0.25) is 12.3 Å². The van der Waals surface area contributed by atoms with Crippen LogP contribution in [0.4, 0.5) is 5.69 Å². The summed E-state index contributed by atoms with van der Waals surface area (Å²) >= 11 is 0. The molecule has 20 heavy (non-hydrogen) atoms. The Hall–Kier alpha value is -1.84. The monoisotopic (exact) mass is 271 g/mol. The van der Waals surface area contributed by atoms with E-state index in [-0.39, 0.29) is 0 Å². The molecule has 0 saturated heterocycles. The number of nitrogens with one attached hydrogen (secondary N) is 1. The van der Waals surface area contributed by atoms with Crippen LogP contribution < -0.4 is 5.32 Å². The van der Waals surface area contributed by atoms with E-state index in [0.717, 1.165) is 11.3 Å². The molecule has 1 aliphatic rings. The van der Waals surface area contributed by atoms with Gasteiger partial charge in [-0.25, -0.2) is 0 Å². The SMILES string of the molecule is CC1(C)CCCCC1Nc1ccc(-c2nnco2)cc1. The van der Waals surface area contributed by atoms with Crippen molar-refractivity contribution in [1.82, 2.24) is 10.2 Å². The molecule has 0 bridgehead atoms. The van der Waals surface area contributed by atoms with Crippen LogP contribution in [0.1, 0.15) is 39.5 Å². The molecule has 0 spiro atoms. The maximum atomic E-state index is 5.20. The van der Waals surface area contributed by atoms with Gasteiger partial charge in [0, 0.05) is 17.3 Å². The van der Waals surface area contributed by atoms with Crippen LogP contribution in [0.2, 0.25) is 0 Å². The summed E-state index contributed by atoms with van der Waals surface area (Å²) in [4.78, 5) is 0. The van der Waals surface area contributed by atoms with Crippen molar-refractivity contribution in [2.75, 3.05) is 5.32 Å². The first-order chi connectivity index (χ1) is 9.65. The highest BCUT2D eigenvalue weighted by atomic mass is 16.4. The van der Waals surface area contributed by atoms with Gasteiger partial charge in [-0.2, -0.15) is 0 Å². The second kappa shape index (κ2) is 5.27. The first-order valence-corrected chi connectivity index (χ1v) is 7.28. The van der Waals surface area contributed by atoms with E-state index in [2.05, 4.69) is 41.5 Å². The Morgan fingerprint density at radius 3 is 2.65 bits per heavy atom. The molecule has 1 aromatic carbocycles. The molecule has 1 unspecified atom stereocenters. The lowest BCUT2D eigenvalue weighted by Gasteiger charge is -2.39. The molecule has 3 rings (SSSR count). The van der Waals surface area contributed by atoms with Crippen molar-refractivity contribution in [1.29, 1.82) is 0 Å². The van der Waals surface area contributed by atoms with Crippen molar-refractivity contribution in [2.45, 2.75) is 45.6 Å². The van der Waals surface area contributed by atoms with Crippen LogP contribution in [0.15, 0.2) is 35.1 Å². The molecule has 1 N–H and O–H groups in total. The molecule has 0 aliphatic heterocycles. The lowest BCUT2D eigenvalue weighted by atomic mass is 9.73. The molecule has 4 nitrogen and oxygen atoms in total. The van der Waals surface area contributed by atoms with Crippen molar-refractivity contribution >= 4 is 5.69 Å². The molecule has 4 heteroatoms. The van der Waals surface area contributed by atoms with E-state index in [0.29, 0.717) is 17.3 Å². The number of rotatable bonds is 3. The average molecular weight is 271 g/mol. The van der Waals surface area contributed by atoms with Crippen molar-refractivity contribution in [3.05, 3.63) is 30.7 Å². The molecule has 1 aromatic heterocycles. The van der Waals surface area contributed by atoms with E-state index in [1.807, 2.05) is 12.1 Å². The molecule has 1 atom stereocenters. The third-order valence-corrected chi connectivity index (χ3v) is 4.34. The van der Waals surface area contributed by atoms with E-state index in [4.69, 9.17) is 4.42 Å². The van der Waals surface area contributed by atoms with Gasteiger partial charge in [-0.15, -0.1) is 10.2 Å². The van der Waals surface area contributed by atoms with Gasteiger partial charge in [0.15, 0.2) is 0 Å². The summed E-state index contributed by atoms with van der Waals surface area (Å²) in [6, 6.07) is 8.76. The van der Waals surface area contributed by atoms with E-state index in [9.17, 15) is 0 Å². The number of aromatic nitrogens is 2. The zero-order valence-corrected chi connectivity index (χ0v) is 12.1. The van der Waals surface area contributed by atoms with Crippen molar-refractivity contribution in [3.63, 3.8) is 0 Å². The molecule has 0 radical (unpaired) electrons. The Kier molecular flexibility index (Phi) is 3.47. The fraction of sp³-hybridized carbons (Fsp3) is 0.500. The Morgan fingerprint density at radius 1 is 1.20 bits per heavy atom. The maximum absolute atomic E-state index is 5.20. The summed E-state index contributed by atoms with van der Waals surface area (Å²) in [6.07, 6.45) is 6.57. The van der Waals surface area contributed by atoms with Crippen LogP contribution in [0.25, 0.3) is 11.5 Å². The summed E-state index contributed by atoms with van der Waals surface area (Å²) in [5.74, 6) is 0.564. The second-order valence-corrected chi connectivity index (χ2v) is 6.25. The van der Waals surface area contributed by atoms with Crippen LogP contribution in [0.3, 0.4) is 0 Å². The molecule has 2 aromatic rings. The third-order valence-electron chi connectivity index (χ3n) is 4.34. The lowest BCUT2D eigenvalue weighted by Crippen LogP contribution is -2.38. The Balaban J connectivity index is 1.72. The first kappa shape index (κ1) is 13.2. The minimum Gasteiger partial charge on any atom is -0.423 e. The zero-order valence-electron chi connectivity index (χ0n) is 12.1. The topological polar surface area (TPSA) is 51.0 Å². The number of nitrogens with zero attached hydrogens (tertiary/aromatic N) is 2. The normalized spacial score (nSPS) is 21.6. The van der Waals surface area contributed by atoms with Gasteiger partial charge < -0.3 is 9.73 Å². The van der Waals surface area contributed by atoms with Gasteiger partial charge in [-0.3, -0.25) is 0 Å². The average Bonchev–Trinajstić information content (AvgIpc) is 2.96. The van der Waals surface area contributed by atoms with E-state index in [1.54, 1.807) is 0 Å². The van der Waals surface area contributed by atoms with Crippen molar-refractivity contribution < 1.29 is 4.42 Å². The summed E-state index contributed by atoms with van der Waals surface area (Å²) in [7, 11) is 0. The molecule has 1 saturated carbocycles. The molecular weight excluding hydrogens is 250 g/mol. The van der Waals surface area contributed by atoms with E-state index < -0.39 is 0 Å². The van der Waals surface area contributed by atoms with Crippen molar-refractivity contribution in [2.24, 2.45) is 5.41 Å². The molecular formula is C16H21N3O. The number of hydrogen-bond donors (Lipinski definition) is 1. The Morgan fingerprint density at radius 2 is 2.00 bits per heavy atom. The highest BCUT2D eigenvalue weighted by molar-refractivity contribution is 5.58. The summed E-state index contributed by atoms with van der Waals surface area (Å²) in [5.41, 5.74) is 2.48. The smallest absolute Gasteiger partial charge is 0.247 e. The standard InChI is InChI=1S/C16H21N3O/c1-16(2)10-4-3-5-14(16)18-13-8-6-12(7-9-13)15-19-17-11-20-15/h6-9,11,14,18H,3-5,10H2,1-2H3. The molecule has 1 heterocycles. The van der Waals surface area contributed by atoms with Crippen LogP contribution in [-0.2, 0) is 0 Å². The first-order valence-electron chi connectivity index (χ1n) is 7.28. The molecule has 0 amide bonds. The van der Waals surface area contributed by atoms with E-state index in [1.165, 1.54) is 32.1 Å². The van der Waals surface area contributed by atoms with Gasteiger partial charge in [-0.05, 0) is 42.5 Å². The van der Waals surface area contributed by atoms with Crippen molar-refractivity contribution in [3.8, 4) is 11.5 Å². The minimum absolute atomic E-state index is 0.364. The predicted molar refractivity (Wildman–Crippen MR) is 79.4 cm³/mol. The third kappa shape index (κ3) is 2.69. The van der Waals surface area contributed by atoms with Gasteiger partial charge in [-0.1, -0.05) is 26.7 Å². The maximum Gasteiger partial charge on any atom is 0.247 e. The van der Waals surface area contributed by atoms with E-state index >= 15 is 0 Å². The van der Waals surface area contributed by atoms with Gasteiger partial charge >= 0.3 is 0 Å². The van der Waals surface area contributed by atoms with Gasteiger partial charge in [0.1, 0.15) is 0 Å². The van der Waals surface area contributed by atoms with Crippen LogP contribution in [-0.4, -0.2) is 16.2 Å². The van der Waals surface area contributed by atoms with Crippen LogP contribution in [0, 0.1) is 5.41 Å². The van der Waals surface area contributed by atoms with Gasteiger partial charge in [0.05, 0.1) is 0 Å². The fourth-order valence-corrected chi connectivity index (χ4v) is 2.97. The fourth-order valence-electron chi connectivity index (χ4n) is 2.97. The molecule has 1 aliphatic carbocycles. The highest BCUT2D eigenvalue weighted by Crippen LogP contribution is 2.37. The lowest BCUT2D eigenvalue weighted by molar-refractivity contribution is 0.217. The zero-order chi connectivity index (χ0) is 14.0. The predicted octanol–water partition coefficient (Wildman–Crippen LogP) is 4.12. The molecule has 106 valence electrons. The largest absolute Gasteiger partial charge is 0.423 e. The Labute approximate surface area is 119 Å². The van der Waals surface area contributed by atoms with Gasteiger partial charge in [0.25, 0.3) is 0 Å². The minimum atomic E-state index is 0.364. The summed E-state index contributed by atoms with van der Waals surface area (Å²) < 4.78 is 5.20. The number of anilines is 1. The summed E-state index contributed by atoms with van der Waals surface area (Å²) in [5, 5.41) is 11.3. The Bertz CT molecular complexity index is 546. The summed E-state index contributed by atoms with van der Waals surface area (Å²) in [6.45, 7) is 4.72. The highest BCUT2D eigenvalue weighted by Gasteiger charge is 2.31.